The Morgan fingerprint density at radius 2 is 2.14 bits per heavy atom. The summed E-state index contributed by atoms with van der Waals surface area (Å²) in [7, 11) is -0.703. The van der Waals surface area contributed by atoms with Gasteiger partial charge in [0, 0.05) is 12.3 Å². The van der Waals surface area contributed by atoms with E-state index in [0.29, 0.717) is 0 Å². The summed E-state index contributed by atoms with van der Waals surface area (Å²) >= 11 is 0. The number of rotatable bonds is 2. The molecule has 0 spiro atoms. The van der Waals surface area contributed by atoms with Gasteiger partial charge in [-0.25, -0.2) is 0 Å². The van der Waals surface area contributed by atoms with Crippen LogP contribution in [0.15, 0.2) is 4.36 Å². The van der Waals surface area contributed by atoms with Crippen molar-refractivity contribution in [1.29, 1.82) is 4.78 Å². The van der Waals surface area contributed by atoms with Crippen molar-refractivity contribution in [1.82, 2.24) is 0 Å². The fraction of sp³-hybridized carbons (Fsp3) is 1.00. The van der Waals surface area contributed by atoms with Gasteiger partial charge >= 0.3 is 0 Å². The third-order valence-electron chi connectivity index (χ3n) is 0.612. The third-order valence-corrected chi connectivity index (χ3v) is 1.84. The molecule has 0 rings (SSSR count). The van der Waals surface area contributed by atoms with Crippen molar-refractivity contribution >= 4 is 10.5 Å². The lowest BCUT2D eigenvalue weighted by molar-refractivity contribution is 1.15. The molecule has 2 nitrogen and oxygen atoms in total. The first-order valence-electron chi connectivity index (χ1n) is 2.47. The summed E-state index contributed by atoms with van der Waals surface area (Å²) in [6.07, 6.45) is 0. The molecule has 0 bridgehead atoms. The molecule has 3 heteroatoms. The number of hydrogen-bond acceptors (Lipinski definition) is 2. The Morgan fingerprint density at radius 1 is 1.57 bits per heavy atom. The molecule has 0 amide bonds. The minimum atomic E-state index is -0.703. The van der Waals surface area contributed by atoms with E-state index < -0.39 is 10.5 Å². The highest BCUT2D eigenvalue weighted by Crippen LogP contribution is 1.73. The third kappa shape index (κ3) is 3.79. The molecule has 1 atom stereocenters. The predicted octanol–water partition coefficient (Wildman–Crippen LogP) is 1.32. The van der Waals surface area contributed by atoms with Crippen LogP contribution in [0, 0.1) is 4.78 Å². The minimum Gasteiger partial charge on any atom is -0.273 e. The van der Waals surface area contributed by atoms with Crippen LogP contribution in [-0.2, 0) is 10.5 Å². The molecule has 0 aliphatic rings. The van der Waals surface area contributed by atoms with E-state index in [-0.39, 0.29) is 0 Å². The van der Waals surface area contributed by atoms with Crippen molar-refractivity contribution in [2.75, 3.05) is 12.3 Å². The van der Waals surface area contributed by atoms with E-state index in [4.69, 9.17) is 4.78 Å². The van der Waals surface area contributed by atoms with Crippen LogP contribution in [0.25, 0.3) is 0 Å². The van der Waals surface area contributed by atoms with Gasteiger partial charge in [-0.05, 0) is 6.92 Å². The number of hydrogen-bond donors (Lipinski definition) is 2. The Kier molecular flexibility index (Phi) is 4.09. The zero-order valence-electron chi connectivity index (χ0n) is 4.81. The maximum atomic E-state index is 7.12. The summed E-state index contributed by atoms with van der Waals surface area (Å²) in [5.41, 5.74) is 0. The number of nitrogens with one attached hydrogen (secondary N) is 1. The number of thiol groups is 1. The van der Waals surface area contributed by atoms with Crippen LogP contribution >= 0.6 is 0 Å². The van der Waals surface area contributed by atoms with Crippen LogP contribution in [0.5, 0.6) is 0 Å². The second-order valence-corrected chi connectivity index (χ2v) is 2.89. The standard InChI is InChI=1S/C4H12N2S/c1-3-6-7(5)4-2/h5,7H,3-4H2,1-2H3. The summed E-state index contributed by atoms with van der Waals surface area (Å²) in [5.74, 6) is 0.906. The van der Waals surface area contributed by atoms with Crippen molar-refractivity contribution in [2.45, 2.75) is 13.8 Å². The van der Waals surface area contributed by atoms with E-state index in [2.05, 4.69) is 4.36 Å². The van der Waals surface area contributed by atoms with Gasteiger partial charge in [0.25, 0.3) is 0 Å². The molecule has 0 heterocycles. The van der Waals surface area contributed by atoms with Gasteiger partial charge in [-0.15, -0.1) is 0 Å². The lowest BCUT2D eigenvalue weighted by atomic mass is 10.8. The molecule has 0 aromatic carbocycles. The van der Waals surface area contributed by atoms with E-state index in [0.717, 1.165) is 12.3 Å². The minimum absolute atomic E-state index is 0.703. The van der Waals surface area contributed by atoms with Crippen LogP contribution in [0.1, 0.15) is 13.8 Å². The smallest absolute Gasteiger partial charge is 0.0437 e. The van der Waals surface area contributed by atoms with Gasteiger partial charge in [0.1, 0.15) is 0 Å². The highest BCUT2D eigenvalue weighted by molar-refractivity contribution is 7.75. The zero-order valence-corrected chi connectivity index (χ0v) is 5.70. The van der Waals surface area contributed by atoms with E-state index >= 15 is 0 Å². The van der Waals surface area contributed by atoms with Gasteiger partial charge in [-0.2, -0.15) is 0 Å². The van der Waals surface area contributed by atoms with Crippen molar-refractivity contribution in [3.63, 3.8) is 0 Å². The lowest BCUT2D eigenvalue weighted by Crippen LogP contribution is -1.76. The fourth-order valence-electron chi connectivity index (χ4n) is 0.271. The quantitative estimate of drug-likeness (QED) is 0.516. The monoisotopic (exact) mass is 120 g/mol. The molecule has 7 heavy (non-hydrogen) atoms. The molecule has 0 aliphatic carbocycles. The van der Waals surface area contributed by atoms with E-state index in [1.807, 2.05) is 13.8 Å². The molecule has 1 N–H and O–H groups in total. The van der Waals surface area contributed by atoms with Crippen LogP contribution in [0.4, 0.5) is 0 Å². The Labute approximate surface area is 46.6 Å². The van der Waals surface area contributed by atoms with Crippen molar-refractivity contribution in [3.05, 3.63) is 0 Å². The van der Waals surface area contributed by atoms with Crippen LogP contribution in [0.2, 0.25) is 0 Å². The van der Waals surface area contributed by atoms with Crippen molar-refractivity contribution < 1.29 is 0 Å². The molecule has 0 fully saturated rings. The summed E-state index contributed by atoms with van der Waals surface area (Å²) in [4.78, 5) is 0. The molecular weight excluding hydrogens is 108 g/mol. The van der Waals surface area contributed by atoms with Gasteiger partial charge in [0.05, 0.1) is 0 Å². The Balaban J connectivity index is 3.52. The first kappa shape index (κ1) is 6.95. The first-order chi connectivity index (χ1) is 3.31. The molecule has 0 aromatic heterocycles. The predicted molar refractivity (Wildman–Crippen MR) is 35.0 cm³/mol. The topological polar surface area (TPSA) is 36.2 Å². The molecule has 44 valence electrons. The first-order valence-corrected chi connectivity index (χ1v) is 3.95. The summed E-state index contributed by atoms with van der Waals surface area (Å²) in [5, 5.41) is 0. The normalized spacial score (nSPS) is 14.6. The molecule has 0 radical (unpaired) electrons. The molecule has 1 unspecified atom stereocenters. The van der Waals surface area contributed by atoms with Gasteiger partial charge < -0.3 is 0 Å². The number of nitrogens with zero attached hydrogens (tertiary/aromatic N) is 1. The van der Waals surface area contributed by atoms with Crippen molar-refractivity contribution in [3.8, 4) is 0 Å². The van der Waals surface area contributed by atoms with Crippen LogP contribution in [-0.4, -0.2) is 12.3 Å². The summed E-state index contributed by atoms with van der Waals surface area (Å²) in [6, 6.07) is 0. The average Bonchev–Trinajstić information content (AvgIpc) is 1.68. The maximum Gasteiger partial charge on any atom is 0.0437 e. The SMILES string of the molecule is CC/N=[SH](=N)/CC. The second-order valence-electron chi connectivity index (χ2n) is 1.17. The highest BCUT2D eigenvalue weighted by Gasteiger charge is 1.66. The Morgan fingerprint density at radius 3 is 2.29 bits per heavy atom. The zero-order chi connectivity index (χ0) is 5.70. The maximum absolute atomic E-state index is 7.12. The lowest BCUT2D eigenvalue weighted by Gasteiger charge is -1.82. The Bertz CT molecular complexity index is 102. The van der Waals surface area contributed by atoms with E-state index in [1.54, 1.807) is 0 Å². The van der Waals surface area contributed by atoms with E-state index in [1.165, 1.54) is 0 Å². The average molecular weight is 120 g/mol. The summed E-state index contributed by atoms with van der Waals surface area (Å²) < 4.78 is 11.1. The Hall–Kier alpha value is -0.0500. The molecule has 0 saturated heterocycles. The molecule has 0 aromatic rings. The summed E-state index contributed by atoms with van der Waals surface area (Å²) in [6.45, 7) is 4.78. The van der Waals surface area contributed by atoms with Gasteiger partial charge in [-0.1, -0.05) is 17.4 Å². The second kappa shape index (κ2) is 4.12. The van der Waals surface area contributed by atoms with E-state index in [9.17, 15) is 0 Å². The highest BCUT2D eigenvalue weighted by atomic mass is 32.2. The van der Waals surface area contributed by atoms with Crippen LogP contribution in [0.3, 0.4) is 0 Å². The molecule has 0 aliphatic heterocycles. The molecular formula is C4H12N2S. The van der Waals surface area contributed by atoms with Crippen molar-refractivity contribution in [2.24, 2.45) is 4.36 Å². The van der Waals surface area contributed by atoms with Gasteiger partial charge in [0.2, 0.25) is 0 Å². The largest absolute Gasteiger partial charge is 0.273 e. The molecule has 0 saturated carbocycles. The van der Waals surface area contributed by atoms with Crippen LogP contribution < -0.4 is 0 Å². The van der Waals surface area contributed by atoms with Gasteiger partial charge in [-0.3, -0.25) is 9.14 Å². The fourth-order valence-corrected chi connectivity index (χ4v) is 0.812. The van der Waals surface area contributed by atoms with Gasteiger partial charge in [0.15, 0.2) is 0 Å².